The highest BCUT2D eigenvalue weighted by molar-refractivity contribution is 6.49. The molecule has 1 N–H and O–H groups in total. The van der Waals surface area contributed by atoms with E-state index in [4.69, 9.17) is 9.94 Å². The number of carbonyl (C=O) groups excluding carboxylic acids is 1. The first kappa shape index (κ1) is 8.74. The van der Waals surface area contributed by atoms with Gasteiger partial charge in [-0.05, 0) is 17.7 Å². The summed E-state index contributed by atoms with van der Waals surface area (Å²) < 4.78 is 5.00. The number of carbonyl (C=O) groups is 1. The number of Topliss-reactive ketones (excluding diaryl/α,β-unsaturated/α-hetero) is 1. The number of oxime groups is 1. The molecule has 0 amide bonds. The van der Waals surface area contributed by atoms with Crippen LogP contribution in [0.4, 0.5) is 0 Å². The second kappa shape index (κ2) is 3.14. The van der Waals surface area contributed by atoms with Crippen LogP contribution in [-0.2, 0) is 6.42 Å². The summed E-state index contributed by atoms with van der Waals surface area (Å²) in [4.78, 5) is 11.5. The molecule has 0 aromatic heterocycles. The predicted octanol–water partition coefficient (Wildman–Crippen LogP) is 1.26. The van der Waals surface area contributed by atoms with Crippen LogP contribution >= 0.6 is 0 Å². The number of ketones is 1. The molecular weight excluding hydrogens is 182 g/mol. The van der Waals surface area contributed by atoms with Gasteiger partial charge < -0.3 is 9.94 Å². The van der Waals surface area contributed by atoms with Crippen molar-refractivity contribution in [3.63, 3.8) is 0 Å². The third-order valence-electron chi connectivity index (χ3n) is 2.30. The van der Waals surface area contributed by atoms with Gasteiger partial charge in [-0.2, -0.15) is 0 Å². The Morgan fingerprint density at radius 1 is 1.50 bits per heavy atom. The average molecular weight is 191 g/mol. The third-order valence-corrected chi connectivity index (χ3v) is 2.30. The van der Waals surface area contributed by atoms with Crippen LogP contribution < -0.4 is 4.74 Å². The first-order valence-electron chi connectivity index (χ1n) is 4.19. The lowest BCUT2D eigenvalue weighted by molar-refractivity contribution is 0.106. The molecule has 0 saturated carbocycles. The van der Waals surface area contributed by atoms with Gasteiger partial charge in [0.25, 0.3) is 0 Å². The topological polar surface area (TPSA) is 58.9 Å². The van der Waals surface area contributed by atoms with E-state index in [1.807, 2.05) is 6.07 Å². The molecule has 0 atom stereocenters. The quantitative estimate of drug-likeness (QED) is 0.537. The Kier molecular flexibility index (Phi) is 1.96. The van der Waals surface area contributed by atoms with Gasteiger partial charge in [0.15, 0.2) is 0 Å². The van der Waals surface area contributed by atoms with E-state index in [1.54, 1.807) is 19.2 Å². The minimum absolute atomic E-state index is 0.188. The smallest absolute Gasteiger partial charge is 0.211 e. The van der Waals surface area contributed by atoms with E-state index >= 15 is 0 Å². The number of benzene rings is 1. The van der Waals surface area contributed by atoms with Crippen molar-refractivity contribution in [2.45, 2.75) is 6.42 Å². The zero-order valence-electron chi connectivity index (χ0n) is 7.65. The zero-order chi connectivity index (χ0) is 10.1. The number of fused-ring (bicyclic) bond motifs is 1. The minimum Gasteiger partial charge on any atom is -0.497 e. The van der Waals surface area contributed by atoms with Crippen molar-refractivity contribution in [1.29, 1.82) is 0 Å². The fourth-order valence-electron chi connectivity index (χ4n) is 1.54. The van der Waals surface area contributed by atoms with Crippen molar-refractivity contribution in [1.82, 2.24) is 0 Å². The Hall–Kier alpha value is -1.84. The molecule has 0 bridgehead atoms. The molecule has 0 unspecified atom stereocenters. The second-order valence-electron chi connectivity index (χ2n) is 3.08. The third kappa shape index (κ3) is 1.16. The second-order valence-corrected chi connectivity index (χ2v) is 3.08. The van der Waals surface area contributed by atoms with Crippen LogP contribution in [0, 0.1) is 0 Å². The first-order valence-corrected chi connectivity index (χ1v) is 4.19. The van der Waals surface area contributed by atoms with E-state index in [9.17, 15) is 4.79 Å². The van der Waals surface area contributed by atoms with Crippen molar-refractivity contribution in [3.05, 3.63) is 29.3 Å². The summed E-state index contributed by atoms with van der Waals surface area (Å²) in [6.07, 6.45) is 0.397. The lowest BCUT2D eigenvalue weighted by Gasteiger charge is -2.00. The number of rotatable bonds is 1. The number of hydrogen-bond donors (Lipinski definition) is 1. The summed E-state index contributed by atoms with van der Waals surface area (Å²) in [5.74, 6) is 0.415. The largest absolute Gasteiger partial charge is 0.497 e. The van der Waals surface area contributed by atoms with E-state index < -0.39 is 0 Å². The number of ether oxygens (including phenoxy) is 1. The van der Waals surface area contributed by atoms with Crippen LogP contribution in [0.3, 0.4) is 0 Å². The normalized spacial score (nSPS) is 17.2. The average Bonchev–Trinajstić information content (AvgIpc) is 2.55. The van der Waals surface area contributed by atoms with Gasteiger partial charge in [-0.3, -0.25) is 4.79 Å². The van der Waals surface area contributed by atoms with Crippen molar-refractivity contribution in [2.24, 2.45) is 5.16 Å². The molecule has 0 spiro atoms. The maximum absolute atomic E-state index is 11.5. The van der Waals surface area contributed by atoms with Crippen molar-refractivity contribution in [3.8, 4) is 5.75 Å². The van der Waals surface area contributed by atoms with Crippen LogP contribution in [-0.4, -0.2) is 23.8 Å². The van der Waals surface area contributed by atoms with Crippen LogP contribution in [0.2, 0.25) is 0 Å². The van der Waals surface area contributed by atoms with Gasteiger partial charge in [-0.15, -0.1) is 0 Å². The summed E-state index contributed by atoms with van der Waals surface area (Å²) in [5, 5.41) is 11.5. The maximum Gasteiger partial charge on any atom is 0.211 e. The molecule has 14 heavy (non-hydrogen) atoms. The van der Waals surface area contributed by atoms with E-state index in [-0.39, 0.29) is 11.5 Å². The Balaban J connectivity index is 2.50. The monoisotopic (exact) mass is 191 g/mol. The Morgan fingerprint density at radius 3 is 2.93 bits per heavy atom. The van der Waals surface area contributed by atoms with Gasteiger partial charge in [-0.25, -0.2) is 0 Å². The van der Waals surface area contributed by atoms with Crippen LogP contribution in [0.25, 0.3) is 0 Å². The molecule has 2 rings (SSSR count). The molecule has 0 heterocycles. The van der Waals surface area contributed by atoms with Crippen molar-refractivity contribution in [2.75, 3.05) is 7.11 Å². The van der Waals surface area contributed by atoms with Gasteiger partial charge in [0, 0.05) is 12.0 Å². The predicted molar refractivity (Wildman–Crippen MR) is 50.3 cm³/mol. The fraction of sp³-hybridized carbons (Fsp3) is 0.200. The van der Waals surface area contributed by atoms with Gasteiger partial charge in [0.2, 0.25) is 5.78 Å². The van der Waals surface area contributed by atoms with E-state index in [2.05, 4.69) is 5.16 Å². The van der Waals surface area contributed by atoms with Crippen LogP contribution in [0.15, 0.2) is 23.4 Å². The SMILES string of the molecule is COc1ccc2c(c1)C(=O)/C(=N\O)C2. The molecule has 72 valence electrons. The lowest BCUT2D eigenvalue weighted by Crippen LogP contribution is -2.06. The minimum atomic E-state index is -0.221. The van der Waals surface area contributed by atoms with E-state index in [0.717, 1.165) is 5.56 Å². The van der Waals surface area contributed by atoms with E-state index in [1.165, 1.54) is 0 Å². The highest BCUT2D eigenvalue weighted by Crippen LogP contribution is 2.24. The molecule has 0 radical (unpaired) electrons. The lowest BCUT2D eigenvalue weighted by atomic mass is 10.1. The summed E-state index contributed by atoms with van der Waals surface area (Å²) in [6.45, 7) is 0. The maximum atomic E-state index is 11.5. The van der Waals surface area contributed by atoms with Crippen LogP contribution in [0.1, 0.15) is 15.9 Å². The highest BCUT2D eigenvalue weighted by Gasteiger charge is 2.27. The zero-order valence-corrected chi connectivity index (χ0v) is 7.65. The molecule has 1 aliphatic carbocycles. The van der Waals surface area contributed by atoms with Gasteiger partial charge in [-0.1, -0.05) is 11.2 Å². The van der Waals surface area contributed by atoms with Crippen molar-refractivity contribution < 1.29 is 14.7 Å². The number of nitrogens with zero attached hydrogens (tertiary/aromatic N) is 1. The number of methoxy groups -OCH3 is 1. The Labute approximate surface area is 80.8 Å². The van der Waals surface area contributed by atoms with Gasteiger partial charge in [0.05, 0.1) is 7.11 Å². The molecule has 0 aliphatic heterocycles. The Morgan fingerprint density at radius 2 is 2.29 bits per heavy atom. The van der Waals surface area contributed by atoms with E-state index in [0.29, 0.717) is 17.7 Å². The summed E-state index contributed by atoms with van der Waals surface area (Å²) in [5.41, 5.74) is 1.63. The van der Waals surface area contributed by atoms with Gasteiger partial charge in [0.1, 0.15) is 11.5 Å². The first-order chi connectivity index (χ1) is 6.76. The standard InChI is InChI=1S/C10H9NO3/c1-14-7-3-2-6-4-9(11-13)10(12)8(6)5-7/h2-3,5,13H,4H2,1H3/b11-9-. The molecule has 1 aliphatic rings. The molecule has 0 saturated heterocycles. The molecule has 0 fully saturated rings. The fourth-order valence-corrected chi connectivity index (χ4v) is 1.54. The highest BCUT2D eigenvalue weighted by atomic mass is 16.5. The Bertz CT molecular complexity index is 423. The van der Waals surface area contributed by atoms with Gasteiger partial charge >= 0.3 is 0 Å². The molecular formula is C10H9NO3. The van der Waals surface area contributed by atoms with Crippen LogP contribution in [0.5, 0.6) is 5.75 Å². The number of hydrogen-bond acceptors (Lipinski definition) is 4. The van der Waals surface area contributed by atoms with Crippen molar-refractivity contribution >= 4 is 11.5 Å². The molecule has 4 nitrogen and oxygen atoms in total. The summed E-state index contributed by atoms with van der Waals surface area (Å²) in [6, 6.07) is 5.26. The summed E-state index contributed by atoms with van der Waals surface area (Å²) >= 11 is 0. The molecule has 1 aromatic rings. The molecule has 1 aromatic carbocycles. The summed E-state index contributed by atoms with van der Waals surface area (Å²) in [7, 11) is 1.54. The molecule has 4 heteroatoms.